The summed E-state index contributed by atoms with van der Waals surface area (Å²) in [5.74, 6) is -0.0505. The Kier molecular flexibility index (Phi) is 13.2. The molecule has 61 heavy (non-hydrogen) atoms. The molecule has 5 atom stereocenters. The van der Waals surface area contributed by atoms with Crippen molar-refractivity contribution < 1.29 is 28.7 Å². The summed E-state index contributed by atoms with van der Waals surface area (Å²) in [4.78, 5) is 61.7. The number of amides is 3. The summed E-state index contributed by atoms with van der Waals surface area (Å²) < 4.78 is 14.7. The van der Waals surface area contributed by atoms with Crippen LogP contribution in [0.4, 0.5) is 15.8 Å². The third-order valence-corrected chi connectivity index (χ3v) is 14.6. The molecule has 0 aromatic heterocycles. The van der Waals surface area contributed by atoms with Gasteiger partial charge in [-0.1, -0.05) is 24.3 Å². The number of nitrogens with one attached hydrogen (secondary N) is 1. The maximum atomic E-state index is 14.7. The average molecular weight is 835 g/mol. The van der Waals surface area contributed by atoms with Crippen molar-refractivity contribution in [2.24, 2.45) is 17.8 Å². The summed E-state index contributed by atoms with van der Waals surface area (Å²) in [6, 6.07) is 20.5. The fraction of sp³-hybridized carbons (Fsp3) is 0.551. The molecular weight excluding hydrogens is 772 g/mol. The van der Waals surface area contributed by atoms with Crippen molar-refractivity contribution in [3.05, 3.63) is 94.3 Å². The van der Waals surface area contributed by atoms with E-state index in [9.17, 15) is 28.7 Å². The number of benzene rings is 3. The molecule has 2 N–H and O–H groups in total. The van der Waals surface area contributed by atoms with Gasteiger partial charge in [0.05, 0.1) is 6.10 Å². The van der Waals surface area contributed by atoms with Gasteiger partial charge in [-0.25, -0.2) is 4.39 Å². The van der Waals surface area contributed by atoms with Crippen LogP contribution in [0, 0.1) is 30.5 Å². The molecule has 8 rings (SSSR count). The fourth-order valence-corrected chi connectivity index (χ4v) is 10.7. The van der Waals surface area contributed by atoms with Gasteiger partial charge in [0.15, 0.2) is 5.78 Å². The molecule has 3 aromatic rings. The van der Waals surface area contributed by atoms with Crippen LogP contribution in [0.3, 0.4) is 0 Å². The molecule has 0 saturated carbocycles. The summed E-state index contributed by atoms with van der Waals surface area (Å²) in [5, 5.41) is 13.8. The van der Waals surface area contributed by atoms with Crippen LogP contribution in [-0.4, -0.2) is 116 Å². The lowest BCUT2D eigenvalue weighted by Crippen LogP contribution is -2.48. The van der Waals surface area contributed by atoms with E-state index in [1.54, 1.807) is 12.1 Å². The normalized spacial score (nSPS) is 25.3. The van der Waals surface area contributed by atoms with Crippen LogP contribution >= 0.6 is 0 Å². The van der Waals surface area contributed by atoms with E-state index in [1.165, 1.54) is 11.3 Å². The molecule has 0 bridgehead atoms. The molecule has 4 saturated heterocycles. The van der Waals surface area contributed by atoms with E-state index in [0.29, 0.717) is 67.7 Å². The summed E-state index contributed by atoms with van der Waals surface area (Å²) in [6.07, 6.45) is 4.85. The smallest absolute Gasteiger partial charge is 0.229 e. The third kappa shape index (κ3) is 9.71. The number of Topliss-reactive ketones (excluding diaryl/α,β-unsaturated/α-hetero) is 1. The molecule has 3 aromatic carbocycles. The molecule has 326 valence electrons. The maximum Gasteiger partial charge on any atom is 0.229 e. The van der Waals surface area contributed by atoms with Gasteiger partial charge in [-0.2, -0.15) is 0 Å². The Balaban J connectivity index is 0.773. The van der Waals surface area contributed by atoms with E-state index in [0.717, 1.165) is 88.4 Å². The second-order valence-corrected chi connectivity index (χ2v) is 18.6. The number of hydrogen-bond acceptors (Lipinski definition) is 9. The molecule has 3 amide bonds. The van der Waals surface area contributed by atoms with Gasteiger partial charge in [0.25, 0.3) is 0 Å². The Bertz CT molecular complexity index is 2060. The van der Waals surface area contributed by atoms with Crippen molar-refractivity contribution in [2.45, 2.75) is 89.3 Å². The molecule has 4 fully saturated rings. The van der Waals surface area contributed by atoms with Gasteiger partial charge in [0.2, 0.25) is 17.7 Å². The summed E-state index contributed by atoms with van der Waals surface area (Å²) in [5.41, 5.74) is 6.55. The Morgan fingerprint density at radius 2 is 1.57 bits per heavy atom. The number of aliphatic hydroxyl groups is 1. The number of hydrogen-bond donors (Lipinski definition) is 2. The average Bonchev–Trinajstić information content (AvgIpc) is 3.70. The van der Waals surface area contributed by atoms with Crippen LogP contribution in [0.2, 0.25) is 0 Å². The summed E-state index contributed by atoms with van der Waals surface area (Å²) in [6.45, 7) is 9.17. The lowest BCUT2D eigenvalue weighted by atomic mass is 9.76. The number of rotatable bonds is 12. The van der Waals surface area contributed by atoms with Crippen LogP contribution in [0.5, 0.6) is 0 Å². The number of aliphatic hydroxyl groups excluding tert-OH is 1. The van der Waals surface area contributed by atoms with Gasteiger partial charge in [0.1, 0.15) is 5.82 Å². The first-order chi connectivity index (χ1) is 29.4. The number of piperazine rings is 1. The van der Waals surface area contributed by atoms with Crippen molar-refractivity contribution >= 4 is 34.9 Å². The molecule has 4 unspecified atom stereocenters. The first kappa shape index (κ1) is 43.0. The summed E-state index contributed by atoms with van der Waals surface area (Å²) in [7, 11) is 4.27. The van der Waals surface area contributed by atoms with E-state index in [-0.39, 0.29) is 47.6 Å². The molecule has 11 nitrogen and oxygen atoms in total. The minimum absolute atomic E-state index is 0.0273. The molecular formula is C49H63FN6O5. The highest BCUT2D eigenvalue weighted by Gasteiger charge is 2.37. The van der Waals surface area contributed by atoms with Gasteiger partial charge in [-0.15, -0.1) is 0 Å². The number of aryl methyl sites for hydroxylation is 1. The number of carbonyl (C=O) groups excluding carboxylic acids is 4. The number of anilines is 2. The van der Waals surface area contributed by atoms with Gasteiger partial charge >= 0.3 is 0 Å². The number of nitrogens with zero attached hydrogens (tertiary/aromatic N) is 5. The van der Waals surface area contributed by atoms with Crippen LogP contribution in [-0.2, 0) is 20.9 Å². The molecule has 5 aliphatic rings. The van der Waals surface area contributed by atoms with E-state index in [4.69, 9.17) is 0 Å². The minimum Gasteiger partial charge on any atom is -0.388 e. The SMILES string of the molecule is Cc1cccc(F)c1CN1CC(N(C)C)[C@@H](c2ccc(N3CCN(C(=O)CCC4CCN(c5ccc6c(c5)C(O)C(CCC5CCC(=O)NC5=O)CC6=O)CC4)CC3)cc2)C1. The largest absolute Gasteiger partial charge is 0.388 e. The van der Waals surface area contributed by atoms with Crippen LogP contribution in [0.1, 0.15) is 102 Å². The highest BCUT2D eigenvalue weighted by Crippen LogP contribution is 2.41. The van der Waals surface area contributed by atoms with Gasteiger partial charge < -0.3 is 24.7 Å². The lowest BCUT2D eigenvalue weighted by molar-refractivity contribution is -0.136. The quantitative estimate of drug-likeness (QED) is 0.210. The second-order valence-electron chi connectivity index (χ2n) is 18.6. The molecule has 0 radical (unpaired) electrons. The maximum absolute atomic E-state index is 14.7. The van der Waals surface area contributed by atoms with Crippen molar-refractivity contribution in [3.63, 3.8) is 0 Å². The topological polar surface area (TPSA) is 117 Å². The number of carbonyl (C=O) groups is 4. The Morgan fingerprint density at radius 1 is 0.852 bits per heavy atom. The first-order valence-electron chi connectivity index (χ1n) is 22.6. The van der Waals surface area contributed by atoms with Crippen LogP contribution < -0.4 is 15.1 Å². The number of fused-ring (bicyclic) bond motifs is 1. The molecule has 4 aliphatic heterocycles. The second kappa shape index (κ2) is 18.8. The monoisotopic (exact) mass is 834 g/mol. The third-order valence-electron chi connectivity index (χ3n) is 14.6. The molecule has 0 spiro atoms. The van der Waals surface area contributed by atoms with Gasteiger partial charge in [0, 0.05) is 119 Å². The highest BCUT2D eigenvalue weighted by molar-refractivity contribution is 6.00. The molecule has 4 heterocycles. The van der Waals surface area contributed by atoms with Crippen molar-refractivity contribution in [2.75, 3.05) is 76.3 Å². The minimum atomic E-state index is -0.776. The predicted molar refractivity (Wildman–Crippen MR) is 235 cm³/mol. The fourth-order valence-electron chi connectivity index (χ4n) is 10.7. The number of likely N-dealkylation sites (tertiary alicyclic amines) is 1. The van der Waals surface area contributed by atoms with E-state index < -0.39 is 6.10 Å². The Hall–Kier alpha value is -4.65. The number of likely N-dealkylation sites (N-methyl/N-ethyl adjacent to an activating group) is 1. The zero-order valence-corrected chi connectivity index (χ0v) is 36.2. The van der Waals surface area contributed by atoms with E-state index in [2.05, 4.69) is 63.3 Å². The Labute approximate surface area is 360 Å². The van der Waals surface area contributed by atoms with E-state index >= 15 is 0 Å². The van der Waals surface area contributed by atoms with Crippen LogP contribution in [0.25, 0.3) is 0 Å². The number of ketones is 1. The number of piperidine rings is 2. The number of imide groups is 1. The van der Waals surface area contributed by atoms with Crippen molar-refractivity contribution in [3.8, 4) is 0 Å². The Morgan fingerprint density at radius 3 is 2.28 bits per heavy atom. The zero-order chi connectivity index (χ0) is 42.8. The standard InChI is InChI=1S/C49H63FN6O5/c1-32-5-4-6-43(50)41(32)29-53-30-42(44(31-53)52(2)3)34-10-13-37(14-11-34)55-23-25-56(26-24-55)47(59)18-7-33-19-21-54(22-20-33)38-15-16-39-40(28-38)48(60)36(27-45(39)57)9-8-35-12-17-46(58)51-49(35)61/h4-6,10-11,13-16,28,33,35-36,42,44,48,60H,7-9,12,17-27,29-31H2,1-3H3,(H,51,58,61)/t35?,36?,42-,44?,48?/m1/s1. The lowest BCUT2D eigenvalue weighted by Gasteiger charge is -2.37. The predicted octanol–water partition coefficient (Wildman–Crippen LogP) is 6.08. The summed E-state index contributed by atoms with van der Waals surface area (Å²) >= 11 is 0. The van der Waals surface area contributed by atoms with Gasteiger partial charge in [-0.05, 0) is 124 Å². The van der Waals surface area contributed by atoms with Crippen molar-refractivity contribution in [1.29, 1.82) is 0 Å². The zero-order valence-electron chi connectivity index (χ0n) is 36.2. The number of halogens is 1. The van der Waals surface area contributed by atoms with Gasteiger partial charge in [-0.3, -0.25) is 29.4 Å². The van der Waals surface area contributed by atoms with E-state index in [1.807, 2.05) is 36.1 Å². The molecule has 1 aliphatic carbocycles. The van der Waals surface area contributed by atoms with Crippen molar-refractivity contribution in [1.82, 2.24) is 20.0 Å². The first-order valence-corrected chi connectivity index (χ1v) is 22.6. The highest BCUT2D eigenvalue weighted by atomic mass is 19.1. The van der Waals surface area contributed by atoms with Crippen LogP contribution in [0.15, 0.2) is 60.7 Å². The molecule has 12 heteroatoms.